The molecule has 4 atom stereocenters. The SMILES string of the molecule is O=[N+]([O-])O[C@@H]1CO[C@H]2[C@@H]1OC[C@@H]2S.[S-2].[S-2]. The zero-order valence-corrected chi connectivity index (χ0v) is 10.0. The number of thiol groups is 1. The number of fused-ring (bicyclic) bond motifs is 1. The molecular formula is C6H9NO5S3-4. The summed E-state index contributed by atoms with van der Waals surface area (Å²) in [5.74, 6) is 0. The van der Waals surface area contributed by atoms with Crippen LogP contribution in [0.2, 0.25) is 0 Å². The molecule has 0 aromatic carbocycles. The third kappa shape index (κ3) is 3.06. The first-order valence-corrected chi connectivity index (χ1v) is 4.42. The molecule has 15 heavy (non-hydrogen) atoms. The molecule has 0 spiro atoms. The van der Waals surface area contributed by atoms with Crippen molar-refractivity contribution in [2.24, 2.45) is 0 Å². The topological polar surface area (TPSA) is 70.8 Å². The zero-order valence-electron chi connectivity index (χ0n) is 7.48. The van der Waals surface area contributed by atoms with Crippen LogP contribution in [-0.2, 0) is 41.3 Å². The van der Waals surface area contributed by atoms with Crippen molar-refractivity contribution in [3.8, 4) is 0 Å². The Morgan fingerprint density at radius 2 is 1.87 bits per heavy atom. The summed E-state index contributed by atoms with van der Waals surface area (Å²) in [5.41, 5.74) is 0. The second-order valence-electron chi connectivity index (χ2n) is 3.03. The Bertz CT molecular complexity index is 231. The van der Waals surface area contributed by atoms with Gasteiger partial charge in [-0.3, -0.25) is 0 Å². The number of hydrogen-bond acceptors (Lipinski definition) is 6. The largest absolute Gasteiger partial charge is 2.00 e. The molecule has 0 saturated carbocycles. The van der Waals surface area contributed by atoms with Gasteiger partial charge in [0.1, 0.15) is 6.10 Å². The number of nitrogens with zero attached hydrogens (tertiary/aromatic N) is 1. The third-order valence-electron chi connectivity index (χ3n) is 2.20. The molecule has 2 fully saturated rings. The Labute approximate surface area is 106 Å². The molecule has 0 N–H and O–H groups in total. The van der Waals surface area contributed by atoms with Crippen LogP contribution in [0.3, 0.4) is 0 Å². The van der Waals surface area contributed by atoms with E-state index in [0.717, 1.165) is 0 Å². The predicted octanol–water partition coefficient (Wildman–Crippen LogP) is -0.346. The summed E-state index contributed by atoms with van der Waals surface area (Å²) < 4.78 is 10.5. The van der Waals surface area contributed by atoms with Gasteiger partial charge < -0.3 is 41.3 Å². The van der Waals surface area contributed by atoms with Crippen molar-refractivity contribution in [2.45, 2.75) is 23.6 Å². The van der Waals surface area contributed by atoms with Crippen molar-refractivity contribution in [2.75, 3.05) is 13.2 Å². The minimum Gasteiger partial charge on any atom is -2.00 e. The first-order valence-electron chi connectivity index (χ1n) is 3.91. The van der Waals surface area contributed by atoms with Crippen LogP contribution in [0.5, 0.6) is 0 Å². The van der Waals surface area contributed by atoms with Crippen molar-refractivity contribution in [1.82, 2.24) is 0 Å². The number of rotatable bonds is 2. The lowest BCUT2D eigenvalue weighted by atomic mass is 10.1. The van der Waals surface area contributed by atoms with Crippen LogP contribution in [0.4, 0.5) is 0 Å². The maximum Gasteiger partial charge on any atom is 0.294 e. The summed E-state index contributed by atoms with van der Waals surface area (Å²) >= 11 is 4.22. The first-order chi connectivity index (χ1) is 6.18. The molecule has 0 radical (unpaired) electrons. The molecule has 0 aliphatic carbocycles. The van der Waals surface area contributed by atoms with Crippen molar-refractivity contribution in [3.05, 3.63) is 10.1 Å². The Morgan fingerprint density at radius 1 is 1.27 bits per heavy atom. The van der Waals surface area contributed by atoms with Gasteiger partial charge in [0.25, 0.3) is 5.09 Å². The normalized spacial score (nSPS) is 37.4. The van der Waals surface area contributed by atoms with E-state index in [9.17, 15) is 10.1 Å². The van der Waals surface area contributed by atoms with E-state index < -0.39 is 11.2 Å². The van der Waals surface area contributed by atoms with Gasteiger partial charge >= 0.3 is 0 Å². The Kier molecular flexibility index (Phi) is 6.11. The van der Waals surface area contributed by atoms with Crippen molar-refractivity contribution < 1.29 is 19.4 Å². The highest BCUT2D eigenvalue weighted by Crippen LogP contribution is 2.31. The molecule has 0 amide bonds. The molecule has 9 heteroatoms. The van der Waals surface area contributed by atoms with E-state index in [4.69, 9.17) is 9.47 Å². The van der Waals surface area contributed by atoms with Gasteiger partial charge in [-0.15, -0.1) is 10.1 Å². The van der Waals surface area contributed by atoms with Gasteiger partial charge in [-0.1, -0.05) is 0 Å². The second-order valence-corrected chi connectivity index (χ2v) is 3.69. The highest BCUT2D eigenvalue weighted by molar-refractivity contribution is 7.81. The lowest BCUT2D eigenvalue weighted by Gasteiger charge is -2.12. The maximum atomic E-state index is 10.1. The molecule has 2 heterocycles. The standard InChI is InChI=1S/C6H9NO5S.2S/c8-7(9)12-3-1-10-6-4(13)2-11-5(3)6;;/h3-6,13H,1-2H2;;/q;2*-2/t3-,4+,5-,6-;;/m1../s1. The van der Waals surface area contributed by atoms with Crippen LogP contribution in [0.15, 0.2) is 0 Å². The first kappa shape index (κ1) is 15.2. The molecule has 0 bridgehead atoms. The average Bonchev–Trinajstić information content (AvgIpc) is 2.56. The fourth-order valence-corrected chi connectivity index (χ4v) is 1.99. The molecule has 2 aliphatic rings. The van der Waals surface area contributed by atoms with Gasteiger partial charge in [0.15, 0.2) is 6.10 Å². The summed E-state index contributed by atoms with van der Waals surface area (Å²) in [7, 11) is 0. The smallest absolute Gasteiger partial charge is 0.294 e. The van der Waals surface area contributed by atoms with Crippen LogP contribution in [-0.4, -0.2) is 41.9 Å². The molecule has 6 nitrogen and oxygen atoms in total. The van der Waals surface area contributed by atoms with E-state index in [2.05, 4.69) is 17.5 Å². The van der Waals surface area contributed by atoms with Crippen LogP contribution >= 0.6 is 12.6 Å². The lowest BCUT2D eigenvalue weighted by molar-refractivity contribution is -0.769. The quantitative estimate of drug-likeness (QED) is 0.422. The highest BCUT2D eigenvalue weighted by atomic mass is 32.1. The Hall–Kier alpha value is 0.170. The average molecular weight is 271 g/mol. The summed E-state index contributed by atoms with van der Waals surface area (Å²) in [6, 6.07) is 0. The van der Waals surface area contributed by atoms with E-state index in [0.29, 0.717) is 6.61 Å². The Balaban J connectivity index is 0.000000980. The summed E-state index contributed by atoms with van der Waals surface area (Å²) in [6.07, 6.45) is -1.11. The van der Waals surface area contributed by atoms with Gasteiger partial charge in [-0.2, -0.15) is 12.6 Å². The van der Waals surface area contributed by atoms with Crippen LogP contribution in [0.1, 0.15) is 0 Å². The summed E-state index contributed by atoms with van der Waals surface area (Å²) in [6.45, 7) is 0.656. The van der Waals surface area contributed by atoms with Crippen molar-refractivity contribution in [1.29, 1.82) is 0 Å². The van der Waals surface area contributed by atoms with Gasteiger partial charge in [-0.05, 0) is 0 Å². The molecular weight excluding hydrogens is 262 g/mol. The molecule has 2 saturated heterocycles. The fraction of sp³-hybridized carbons (Fsp3) is 1.00. The highest BCUT2D eigenvalue weighted by Gasteiger charge is 2.48. The van der Waals surface area contributed by atoms with E-state index >= 15 is 0 Å². The van der Waals surface area contributed by atoms with Crippen LogP contribution in [0, 0.1) is 10.1 Å². The zero-order chi connectivity index (χ0) is 9.42. The molecule has 90 valence electrons. The molecule has 0 unspecified atom stereocenters. The Morgan fingerprint density at radius 3 is 2.47 bits per heavy atom. The van der Waals surface area contributed by atoms with Crippen LogP contribution in [0.25, 0.3) is 0 Å². The van der Waals surface area contributed by atoms with E-state index in [1.54, 1.807) is 0 Å². The molecule has 2 aliphatic heterocycles. The number of hydrogen-bond donors (Lipinski definition) is 1. The lowest BCUT2D eigenvalue weighted by Crippen LogP contribution is -2.33. The van der Waals surface area contributed by atoms with Crippen molar-refractivity contribution >= 4 is 39.6 Å². The van der Waals surface area contributed by atoms with Gasteiger partial charge in [0, 0.05) is 0 Å². The van der Waals surface area contributed by atoms with Gasteiger partial charge in [-0.25, -0.2) is 0 Å². The summed E-state index contributed by atoms with van der Waals surface area (Å²) in [5, 5.41) is 9.26. The van der Waals surface area contributed by atoms with E-state index in [-0.39, 0.29) is 51.1 Å². The maximum absolute atomic E-state index is 10.1. The third-order valence-corrected chi connectivity index (χ3v) is 2.65. The minimum absolute atomic E-state index is 0. The number of ether oxygens (including phenoxy) is 2. The van der Waals surface area contributed by atoms with E-state index in [1.807, 2.05) is 0 Å². The van der Waals surface area contributed by atoms with Crippen LogP contribution < -0.4 is 0 Å². The monoisotopic (exact) mass is 271 g/mol. The van der Waals surface area contributed by atoms with Gasteiger partial charge in [0.05, 0.1) is 24.6 Å². The molecule has 0 aromatic rings. The summed E-state index contributed by atoms with van der Waals surface area (Å²) in [4.78, 5) is 14.5. The molecule has 2 rings (SSSR count). The predicted molar refractivity (Wildman–Crippen MR) is 58.9 cm³/mol. The minimum atomic E-state index is -0.814. The van der Waals surface area contributed by atoms with E-state index in [1.165, 1.54) is 0 Å². The van der Waals surface area contributed by atoms with Crippen molar-refractivity contribution in [3.63, 3.8) is 0 Å². The fourth-order valence-electron chi connectivity index (χ4n) is 1.64. The second kappa shape index (κ2) is 6.04. The van der Waals surface area contributed by atoms with Gasteiger partial charge in [0.2, 0.25) is 0 Å². The molecule has 0 aromatic heterocycles.